The summed E-state index contributed by atoms with van der Waals surface area (Å²) in [6.07, 6.45) is 5.20. The Kier molecular flexibility index (Phi) is 5.48. The molecule has 5 nitrogen and oxygen atoms in total. The second kappa shape index (κ2) is 8.60. The molecule has 33 heavy (non-hydrogen) atoms. The van der Waals surface area contributed by atoms with Gasteiger partial charge in [-0.3, -0.25) is 4.79 Å². The van der Waals surface area contributed by atoms with Crippen LogP contribution in [0.15, 0.2) is 90.7 Å². The minimum atomic E-state index is -0.882. The summed E-state index contributed by atoms with van der Waals surface area (Å²) in [5.74, 6) is -1.16. The van der Waals surface area contributed by atoms with Gasteiger partial charge >= 0.3 is 5.97 Å². The molecule has 0 saturated carbocycles. The van der Waals surface area contributed by atoms with Crippen LogP contribution in [-0.2, 0) is 4.79 Å². The second-order valence-electron chi connectivity index (χ2n) is 8.09. The van der Waals surface area contributed by atoms with Crippen LogP contribution in [0.4, 0.5) is 0 Å². The van der Waals surface area contributed by atoms with Gasteiger partial charge in [0.1, 0.15) is 5.76 Å². The zero-order chi connectivity index (χ0) is 22.9. The van der Waals surface area contributed by atoms with Crippen LogP contribution < -0.4 is 4.74 Å². The van der Waals surface area contributed by atoms with Gasteiger partial charge in [0, 0.05) is 5.56 Å². The van der Waals surface area contributed by atoms with Gasteiger partial charge < -0.3 is 14.8 Å². The minimum absolute atomic E-state index is 0.0971. The lowest BCUT2D eigenvalue weighted by atomic mass is 9.89. The van der Waals surface area contributed by atoms with Gasteiger partial charge in [-0.05, 0) is 46.9 Å². The Morgan fingerprint density at radius 1 is 1.03 bits per heavy atom. The van der Waals surface area contributed by atoms with Crippen molar-refractivity contribution in [3.63, 3.8) is 0 Å². The van der Waals surface area contributed by atoms with Crippen LogP contribution in [0.1, 0.15) is 6.92 Å². The molecular formula is C27H21ClN2O3. The third kappa shape index (κ3) is 4.28. The molecule has 0 radical (unpaired) electrons. The predicted octanol–water partition coefficient (Wildman–Crippen LogP) is 6.72. The van der Waals surface area contributed by atoms with E-state index in [-0.39, 0.29) is 11.9 Å². The number of carbonyl (C=O) groups is 1. The van der Waals surface area contributed by atoms with Crippen molar-refractivity contribution in [3.05, 3.63) is 95.7 Å². The van der Waals surface area contributed by atoms with Crippen molar-refractivity contribution in [2.45, 2.75) is 6.92 Å². The fourth-order valence-electron chi connectivity index (χ4n) is 3.98. The maximum absolute atomic E-state index is 11.4. The predicted molar refractivity (Wildman–Crippen MR) is 130 cm³/mol. The van der Waals surface area contributed by atoms with E-state index < -0.39 is 11.9 Å². The normalized spacial score (nSPS) is 17.7. The number of H-pyrrole nitrogens is 1. The molecule has 2 unspecified atom stereocenters. The molecular weight excluding hydrogens is 436 g/mol. The number of fused-ring (bicyclic) bond motifs is 1. The topological polar surface area (TPSA) is 75.2 Å². The SMILES string of the molecule is CC1C=CC(Oc2nc3cc(-c4ccc(-c5ccccc5)cc4)c(Cl)cc3[nH]2)=CC1C(=O)O. The summed E-state index contributed by atoms with van der Waals surface area (Å²) in [5, 5.41) is 9.98. The Bertz CT molecular complexity index is 1390. The smallest absolute Gasteiger partial charge is 0.311 e. The number of nitrogens with one attached hydrogen (secondary N) is 1. The van der Waals surface area contributed by atoms with Crippen LogP contribution in [-0.4, -0.2) is 21.0 Å². The number of rotatable bonds is 5. The average Bonchev–Trinajstić information content (AvgIpc) is 3.21. The number of aromatic nitrogens is 2. The third-order valence-corrected chi connectivity index (χ3v) is 6.14. The van der Waals surface area contributed by atoms with E-state index in [1.807, 2.05) is 55.5 Å². The number of imidazole rings is 1. The van der Waals surface area contributed by atoms with Crippen LogP contribution in [0.2, 0.25) is 5.02 Å². The lowest BCUT2D eigenvalue weighted by Crippen LogP contribution is -2.21. The fraction of sp³-hybridized carbons (Fsp3) is 0.111. The van der Waals surface area contributed by atoms with E-state index in [0.717, 1.165) is 27.8 Å². The van der Waals surface area contributed by atoms with Gasteiger partial charge in [-0.1, -0.05) is 79.2 Å². The summed E-state index contributed by atoms with van der Waals surface area (Å²) in [6.45, 7) is 1.86. The Hall–Kier alpha value is -3.83. The van der Waals surface area contributed by atoms with E-state index in [1.54, 1.807) is 12.2 Å². The molecule has 1 aromatic heterocycles. The first-order chi connectivity index (χ1) is 16.0. The molecule has 0 amide bonds. The molecule has 2 atom stereocenters. The number of benzene rings is 3. The van der Waals surface area contributed by atoms with Gasteiger partial charge in [0.2, 0.25) is 0 Å². The van der Waals surface area contributed by atoms with Crippen molar-refractivity contribution in [1.29, 1.82) is 0 Å². The molecule has 0 spiro atoms. The molecule has 1 aliphatic carbocycles. The molecule has 6 heteroatoms. The first-order valence-electron chi connectivity index (χ1n) is 10.6. The van der Waals surface area contributed by atoms with Gasteiger partial charge in [0.25, 0.3) is 6.01 Å². The number of halogens is 1. The van der Waals surface area contributed by atoms with Crippen molar-refractivity contribution >= 4 is 28.6 Å². The monoisotopic (exact) mass is 456 g/mol. The van der Waals surface area contributed by atoms with Gasteiger partial charge in [0.15, 0.2) is 0 Å². The summed E-state index contributed by atoms with van der Waals surface area (Å²) in [7, 11) is 0. The van der Waals surface area contributed by atoms with Crippen LogP contribution in [0.5, 0.6) is 6.01 Å². The first kappa shape index (κ1) is 21.0. The molecule has 1 aliphatic rings. The number of hydrogen-bond donors (Lipinski definition) is 2. The summed E-state index contributed by atoms with van der Waals surface area (Å²) in [6, 6.07) is 22.5. The lowest BCUT2D eigenvalue weighted by molar-refractivity contribution is -0.141. The number of allylic oxidation sites excluding steroid dienone is 2. The highest BCUT2D eigenvalue weighted by Crippen LogP contribution is 2.34. The first-order valence-corrected chi connectivity index (χ1v) is 11.0. The van der Waals surface area contributed by atoms with Crippen molar-refractivity contribution in [3.8, 4) is 28.3 Å². The van der Waals surface area contributed by atoms with Crippen molar-refractivity contribution in [1.82, 2.24) is 9.97 Å². The number of carboxylic acid groups (broad SMARTS) is 1. The molecule has 5 rings (SSSR count). The maximum Gasteiger partial charge on any atom is 0.311 e. The van der Waals surface area contributed by atoms with E-state index in [4.69, 9.17) is 16.3 Å². The molecule has 1 heterocycles. The van der Waals surface area contributed by atoms with E-state index in [1.165, 1.54) is 0 Å². The number of ether oxygens (including phenoxy) is 1. The fourth-order valence-corrected chi connectivity index (χ4v) is 4.25. The van der Waals surface area contributed by atoms with Gasteiger partial charge in [0.05, 0.1) is 22.0 Å². The molecule has 164 valence electrons. The van der Waals surface area contributed by atoms with Crippen molar-refractivity contribution < 1.29 is 14.6 Å². The molecule has 2 N–H and O–H groups in total. The second-order valence-corrected chi connectivity index (χ2v) is 8.50. The van der Waals surface area contributed by atoms with Crippen molar-refractivity contribution in [2.24, 2.45) is 11.8 Å². The number of carboxylic acids is 1. The van der Waals surface area contributed by atoms with Crippen LogP contribution in [0.25, 0.3) is 33.3 Å². The Morgan fingerprint density at radius 2 is 1.73 bits per heavy atom. The molecule has 4 aromatic rings. The zero-order valence-corrected chi connectivity index (χ0v) is 18.6. The summed E-state index contributed by atoms with van der Waals surface area (Å²) >= 11 is 6.59. The largest absolute Gasteiger partial charge is 0.481 e. The van der Waals surface area contributed by atoms with Crippen LogP contribution in [0, 0.1) is 11.8 Å². The van der Waals surface area contributed by atoms with Crippen molar-refractivity contribution in [2.75, 3.05) is 0 Å². The van der Waals surface area contributed by atoms with Gasteiger partial charge in [-0.25, -0.2) is 0 Å². The van der Waals surface area contributed by atoms with E-state index in [9.17, 15) is 9.90 Å². The molecule has 0 fully saturated rings. The highest BCUT2D eigenvalue weighted by atomic mass is 35.5. The number of nitrogens with zero attached hydrogens (tertiary/aromatic N) is 1. The Balaban J connectivity index is 1.42. The zero-order valence-electron chi connectivity index (χ0n) is 17.8. The quantitative estimate of drug-likeness (QED) is 0.349. The number of aliphatic carboxylic acids is 1. The highest BCUT2D eigenvalue weighted by molar-refractivity contribution is 6.34. The highest BCUT2D eigenvalue weighted by Gasteiger charge is 2.25. The number of aromatic amines is 1. The van der Waals surface area contributed by atoms with Gasteiger partial charge in [-0.15, -0.1) is 0 Å². The maximum atomic E-state index is 11.4. The summed E-state index contributed by atoms with van der Waals surface area (Å²) in [4.78, 5) is 19.1. The van der Waals surface area contributed by atoms with Crippen LogP contribution in [0.3, 0.4) is 0 Å². The average molecular weight is 457 g/mol. The molecule has 3 aromatic carbocycles. The van der Waals surface area contributed by atoms with E-state index >= 15 is 0 Å². The minimum Gasteiger partial charge on any atom is -0.481 e. The summed E-state index contributed by atoms with van der Waals surface area (Å²) < 4.78 is 5.82. The lowest BCUT2D eigenvalue weighted by Gasteiger charge is -2.18. The standard InChI is InChI=1S/C27H21ClN2O3/c1-16-7-12-20(13-21(16)26(31)32)33-27-29-24-14-22(23(28)15-25(24)30-27)19-10-8-18(9-11-19)17-5-3-2-4-6-17/h2-16,21H,1H3,(H,29,30)(H,31,32). The van der Waals surface area contributed by atoms with Gasteiger partial charge in [-0.2, -0.15) is 4.98 Å². The van der Waals surface area contributed by atoms with E-state index in [0.29, 0.717) is 16.3 Å². The molecule has 0 saturated heterocycles. The third-order valence-electron chi connectivity index (χ3n) is 5.83. The molecule has 0 bridgehead atoms. The summed E-state index contributed by atoms with van der Waals surface area (Å²) in [5.41, 5.74) is 5.60. The Labute approximate surface area is 196 Å². The van der Waals surface area contributed by atoms with Crippen LogP contribution >= 0.6 is 11.6 Å². The van der Waals surface area contributed by atoms with E-state index in [2.05, 4.69) is 34.2 Å². The molecule has 0 aliphatic heterocycles. The number of hydrogen-bond acceptors (Lipinski definition) is 3. The Morgan fingerprint density at radius 3 is 2.45 bits per heavy atom.